The SMILES string of the molecule is N#CC(NNC(=O)c1ccccc1O)c1cccc(O)c1. The van der Waals surface area contributed by atoms with Crippen LogP contribution in [-0.4, -0.2) is 16.1 Å². The normalized spacial score (nSPS) is 11.4. The summed E-state index contributed by atoms with van der Waals surface area (Å²) in [5.74, 6) is -0.683. The summed E-state index contributed by atoms with van der Waals surface area (Å²) in [6, 6.07) is 13.4. The minimum absolute atomic E-state index is 0.0292. The van der Waals surface area contributed by atoms with Gasteiger partial charge in [-0.25, -0.2) is 5.43 Å². The Hall–Kier alpha value is -3.04. The Morgan fingerprint density at radius 3 is 2.57 bits per heavy atom. The standard InChI is InChI=1S/C15H13N3O3/c16-9-13(10-4-3-5-11(19)8-10)17-18-15(21)12-6-1-2-7-14(12)20/h1-8,13,17,19-20H,(H,18,21). The smallest absolute Gasteiger partial charge is 0.269 e. The van der Waals surface area contributed by atoms with Crippen molar-refractivity contribution in [1.82, 2.24) is 10.9 Å². The zero-order valence-electron chi connectivity index (χ0n) is 10.9. The van der Waals surface area contributed by atoms with Crippen LogP contribution < -0.4 is 10.9 Å². The zero-order valence-corrected chi connectivity index (χ0v) is 10.9. The van der Waals surface area contributed by atoms with Crippen LogP contribution in [0.3, 0.4) is 0 Å². The number of aromatic hydroxyl groups is 2. The average Bonchev–Trinajstić information content (AvgIpc) is 2.48. The maximum atomic E-state index is 11.9. The Bertz CT molecular complexity index is 695. The molecule has 0 bridgehead atoms. The molecule has 0 saturated heterocycles. The number of carbonyl (C=O) groups is 1. The number of nitrogens with one attached hydrogen (secondary N) is 2. The number of hydrogen-bond donors (Lipinski definition) is 4. The first-order chi connectivity index (χ1) is 10.1. The number of phenolic OH excluding ortho intramolecular Hbond substituents is 2. The van der Waals surface area contributed by atoms with Crippen LogP contribution in [0.2, 0.25) is 0 Å². The Kier molecular flexibility index (Phi) is 4.39. The second kappa shape index (κ2) is 6.41. The van der Waals surface area contributed by atoms with Crippen molar-refractivity contribution in [2.45, 2.75) is 6.04 Å². The summed E-state index contributed by atoms with van der Waals surface area (Å²) in [6.07, 6.45) is 0. The van der Waals surface area contributed by atoms with Crippen LogP contribution in [0.4, 0.5) is 0 Å². The van der Waals surface area contributed by atoms with Crippen LogP contribution in [-0.2, 0) is 0 Å². The Balaban J connectivity index is 2.06. The van der Waals surface area contributed by atoms with E-state index < -0.39 is 11.9 Å². The van der Waals surface area contributed by atoms with Crippen LogP contribution in [0.5, 0.6) is 11.5 Å². The first kappa shape index (κ1) is 14.4. The fourth-order valence-corrected chi connectivity index (χ4v) is 1.77. The molecule has 4 N–H and O–H groups in total. The monoisotopic (exact) mass is 283 g/mol. The number of phenols is 2. The number of rotatable bonds is 4. The molecule has 0 saturated carbocycles. The van der Waals surface area contributed by atoms with Crippen molar-refractivity contribution in [3.8, 4) is 17.6 Å². The van der Waals surface area contributed by atoms with Gasteiger partial charge in [0.1, 0.15) is 17.5 Å². The molecule has 0 aliphatic heterocycles. The predicted octanol–water partition coefficient (Wildman–Crippen LogP) is 1.60. The Morgan fingerprint density at radius 2 is 1.90 bits per heavy atom. The van der Waals surface area contributed by atoms with Crippen LogP contribution in [0, 0.1) is 11.3 Å². The minimum atomic E-state index is -0.827. The number of nitrogens with zero attached hydrogens (tertiary/aromatic N) is 1. The first-order valence-electron chi connectivity index (χ1n) is 6.14. The van der Waals surface area contributed by atoms with Crippen molar-refractivity contribution in [2.24, 2.45) is 0 Å². The van der Waals surface area contributed by atoms with E-state index in [-0.39, 0.29) is 17.1 Å². The van der Waals surface area contributed by atoms with Gasteiger partial charge in [0.25, 0.3) is 5.91 Å². The number of benzene rings is 2. The molecule has 1 amide bonds. The highest BCUT2D eigenvalue weighted by molar-refractivity contribution is 5.96. The van der Waals surface area contributed by atoms with Gasteiger partial charge >= 0.3 is 0 Å². The molecule has 2 rings (SSSR count). The van der Waals surface area contributed by atoms with Crippen molar-refractivity contribution in [3.63, 3.8) is 0 Å². The summed E-state index contributed by atoms with van der Waals surface area (Å²) in [6.45, 7) is 0. The van der Waals surface area contributed by atoms with E-state index in [0.29, 0.717) is 5.56 Å². The maximum absolute atomic E-state index is 11.9. The van der Waals surface area contributed by atoms with Gasteiger partial charge < -0.3 is 10.2 Å². The lowest BCUT2D eigenvalue weighted by Gasteiger charge is -2.13. The van der Waals surface area contributed by atoms with E-state index in [2.05, 4.69) is 10.9 Å². The molecule has 0 aliphatic rings. The molecular formula is C15H13N3O3. The molecule has 6 heteroatoms. The summed E-state index contributed by atoms with van der Waals surface area (Å²) in [4.78, 5) is 11.9. The number of hydrazine groups is 1. The van der Waals surface area contributed by atoms with Crippen LogP contribution in [0.1, 0.15) is 22.0 Å². The molecule has 106 valence electrons. The second-order valence-electron chi connectivity index (χ2n) is 4.27. The third-order valence-corrected chi connectivity index (χ3v) is 2.81. The molecule has 2 aromatic carbocycles. The van der Waals surface area contributed by atoms with E-state index in [1.807, 2.05) is 6.07 Å². The molecular weight excluding hydrogens is 270 g/mol. The van der Waals surface area contributed by atoms with Crippen LogP contribution in [0.15, 0.2) is 48.5 Å². The molecule has 6 nitrogen and oxygen atoms in total. The Morgan fingerprint density at radius 1 is 1.14 bits per heavy atom. The van der Waals surface area contributed by atoms with E-state index >= 15 is 0 Å². The molecule has 21 heavy (non-hydrogen) atoms. The summed E-state index contributed by atoms with van der Waals surface area (Å²) in [5.41, 5.74) is 5.52. The molecule has 2 aromatic rings. The molecule has 0 heterocycles. The average molecular weight is 283 g/mol. The molecule has 0 aliphatic carbocycles. The van der Waals surface area contributed by atoms with E-state index in [0.717, 1.165) is 0 Å². The lowest BCUT2D eigenvalue weighted by molar-refractivity contribution is 0.0926. The van der Waals surface area contributed by atoms with Gasteiger partial charge in [-0.1, -0.05) is 24.3 Å². The maximum Gasteiger partial charge on any atom is 0.269 e. The largest absolute Gasteiger partial charge is 0.508 e. The summed E-state index contributed by atoms with van der Waals surface area (Å²) in [5, 5.41) is 28.1. The number of carbonyl (C=O) groups excluding carboxylic acids is 1. The fourth-order valence-electron chi connectivity index (χ4n) is 1.77. The molecule has 1 atom stereocenters. The molecule has 0 radical (unpaired) electrons. The molecule has 0 fully saturated rings. The van der Waals surface area contributed by atoms with E-state index in [9.17, 15) is 15.0 Å². The number of amides is 1. The van der Waals surface area contributed by atoms with Gasteiger partial charge in [0, 0.05) is 0 Å². The highest BCUT2D eigenvalue weighted by Gasteiger charge is 2.14. The van der Waals surface area contributed by atoms with Gasteiger partial charge in [0.15, 0.2) is 0 Å². The second-order valence-corrected chi connectivity index (χ2v) is 4.27. The molecule has 0 aromatic heterocycles. The lowest BCUT2D eigenvalue weighted by atomic mass is 10.1. The summed E-state index contributed by atoms with van der Waals surface area (Å²) < 4.78 is 0. The third kappa shape index (κ3) is 3.49. The molecule has 1 unspecified atom stereocenters. The quantitative estimate of drug-likeness (QED) is 0.638. The van der Waals surface area contributed by atoms with Gasteiger partial charge in [-0.2, -0.15) is 5.26 Å². The lowest BCUT2D eigenvalue weighted by Crippen LogP contribution is -2.39. The van der Waals surface area contributed by atoms with Crippen molar-refractivity contribution >= 4 is 5.91 Å². The third-order valence-electron chi connectivity index (χ3n) is 2.81. The van der Waals surface area contributed by atoms with Gasteiger partial charge in [-0.15, -0.1) is 0 Å². The van der Waals surface area contributed by atoms with Gasteiger partial charge in [-0.3, -0.25) is 10.2 Å². The number of nitriles is 1. The topological polar surface area (TPSA) is 105 Å². The van der Waals surface area contributed by atoms with Gasteiger partial charge in [0.05, 0.1) is 11.6 Å². The summed E-state index contributed by atoms with van der Waals surface area (Å²) >= 11 is 0. The van der Waals surface area contributed by atoms with Crippen molar-refractivity contribution in [2.75, 3.05) is 0 Å². The molecule has 0 spiro atoms. The number of hydrogen-bond acceptors (Lipinski definition) is 5. The minimum Gasteiger partial charge on any atom is -0.508 e. The first-order valence-corrected chi connectivity index (χ1v) is 6.14. The summed E-state index contributed by atoms with van der Waals surface area (Å²) in [7, 11) is 0. The highest BCUT2D eigenvalue weighted by atomic mass is 16.3. The zero-order chi connectivity index (χ0) is 15.2. The van der Waals surface area contributed by atoms with Crippen LogP contribution in [0.25, 0.3) is 0 Å². The number of para-hydroxylation sites is 1. The van der Waals surface area contributed by atoms with E-state index in [1.54, 1.807) is 24.3 Å². The van der Waals surface area contributed by atoms with Crippen molar-refractivity contribution in [1.29, 1.82) is 5.26 Å². The Labute approximate surface area is 121 Å². The van der Waals surface area contributed by atoms with Crippen molar-refractivity contribution < 1.29 is 15.0 Å². The van der Waals surface area contributed by atoms with Gasteiger partial charge in [-0.05, 0) is 29.8 Å². The van der Waals surface area contributed by atoms with Crippen LogP contribution >= 0.6 is 0 Å². The van der Waals surface area contributed by atoms with Gasteiger partial charge in [0.2, 0.25) is 0 Å². The van der Waals surface area contributed by atoms with Crippen molar-refractivity contribution in [3.05, 3.63) is 59.7 Å². The predicted molar refractivity (Wildman–Crippen MR) is 75.2 cm³/mol. The highest BCUT2D eigenvalue weighted by Crippen LogP contribution is 2.18. The van der Waals surface area contributed by atoms with E-state index in [1.165, 1.54) is 24.3 Å². The van der Waals surface area contributed by atoms with E-state index in [4.69, 9.17) is 5.26 Å². The fraction of sp³-hybridized carbons (Fsp3) is 0.0667.